The second-order valence-corrected chi connectivity index (χ2v) is 4.91. The zero-order chi connectivity index (χ0) is 14.0. The van der Waals surface area contributed by atoms with Gasteiger partial charge in [-0.1, -0.05) is 6.92 Å². The maximum absolute atomic E-state index is 12.2. The smallest absolute Gasteiger partial charge is 0.415 e. The lowest BCUT2D eigenvalue weighted by atomic mass is 9.92. The SMILES string of the molecule is CCOC(=O)N1c2ccc(C)nc2CCC1(N)CC. The Morgan fingerprint density at radius 3 is 2.89 bits per heavy atom. The zero-order valence-electron chi connectivity index (χ0n) is 11.8. The van der Waals surface area contributed by atoms with Gasteiger partial charge in [-0.25, -0.2) is 4.79 Å². The van der Waals surface area contributed by atoms with Crippen molar-refractivity contribution < 1.29 is 9.53 Å². The van der Waals surface area contributed by atoms with Crippen LogP contribution < -0.4 is 10.6 Å². The van der Waals surface area contributed by atoms with Gasteiger partial charge in [0.2, 0.25) is 0 Å². The molecule has 0 saturated heterocycles. The van der Waals surface area contributed by atoms with Gasteiger partial charge in [-0.2, -0.15) is 0 Å². The highest BCUT2D eigenvalue weighted by Crippen LogP contribution is 2.35. The molecule has 2 rings (SSSR count). The summed E-state index contributed by atoms with van der Waals surface area (Å²) < 4.78 is 5.14. The number of aromatic nitrogens is 1. The average molecular weight is 263 g/mol. The van der Waals surface area contributed by atoms with Gasteiger partial charge in [0.15, 0.2) is 0 Å². The molecule has 2 N–H and O–H groups in total. The first-order valence-electron chi connectivity index (χ1n) is 6.74. The molecule has 0 fully saturated rings. The van der Waals surface area contributed by atoms with Crippen LogP contribution in [-0.2, 0) is 11.2 Å². The first-order valence-corrected chi connectivity index (χ1v) is 6.74. The number of amides is 1. The minimum absolute atomic E-state index is 0.337. The molecular formula is C14H21N3O2. The summed E-state index contributed by atoms with van der Waals surface area (Å²) in [6, 6.07) is 3.80. The number of pyridine rings is 1. The number of hydrogen-bond donors (Lipinski definition) is 1. The summed E-state index contributed by atoms with van der Waals surface area (Å²) in [6.45, 7) is 6.06. The van der Waals surface area contributed by atoms with Crippen LogP contribution in [0.1, 0.15) is 38.1 Å². The van der Waals surface area contributed by atoms with Crippen LogP contribution in [0, 0.1) is 6.92 Å². The van der Waals surface area contributed by atoms with Crippen LogP contribution >= 0.6 is 0 Å². The van der Waals surface area contributed by atoms with E-state index in [0.29, 0.717) is 19.4 Å². The van der Waals surface area contributed by atoms with E-state index in [0.717, 1.165) is 23.5 Å². The summed E-state index contributed by atoms with van der Waals surface area (Å²) in [4.78, 5) is 18.3. The van der Waals surface area contributed by atoms with Gasteiger partial charge in [0.05, 0.1) is 23.7 Å². The van der Waals surface area contributed by atoms with Crippen LogP contribution in [0.2, 0.25) is 0 Å². The number of carbonyl (C=O) groups excluding carboxylic acids is 1. The third kappa shape index (κ3) is 2.42. The van der Waals surface area contributed by atoms with Gasteiger partial charge < -0.3 is 10.5 Å². The van der Waals surface area contributed by atoms with E-state index in [1.807, 2.05) is 26.0 Å². The molecule has 1 unspecified atom stereocenters. The molecule has 2 heterocycles. The minimum Gasteiger partial charge on any atom is -0.449 e. The molecule has 0 bridgehead atoms. The van der Waals surface area contributed by atoms with E-state index in [2.05, 4.69) is 4.98 Å². The molecule has 0 radical (unpaired) electrons. The van der Waals surface area contributed by atoms with E-state index < -0.39 is 11.8 Å². The van der Waals surface area contributed by atoms with Gasteiger partial charge in [0.25, 0.3) is 0 Å². The summed E-state index contributed by atoms with van der Waals surface area (Å²) in [5, 5.41) is 0. The topological polar surface area (TPSA) is 68.5 Å². The third-order valence-electron chi connectivity index (χ3n) is 3.63. The fourth-order valence-electron chi connectivity index (χ4n) is 2.48. The van der Waals surface area contributed by atoms with E-state index in [1.165, 1.54) is 0 Å². The van der Waals surface area contributed by atoms with Gasteiger partial charge in [-0.15, -0.1) is 0 Å². The molecule has 0 saturated carbocycles. The fourth-order valence-corrected chi connectivity index (χ4v) is 2.48. The Morgan fingerprint density at radius 2 is 2.26 bits per heavy atom. The Kier molecular flexibility index (Phi) is 3.75. The molecule has 1 atom stereocenters. The summed E-state index contributed by atoms with van der Waals surface area (Å²) >= 11 is 0. The molecule has 104 valence electrons. The first-order chi connectivity index (χ1) is 9.01. The molecular weight excluding hydrogens is 242 g/mol. The Hall–Kier alpha value is -1.62. The lowest BCUT2D eigenvalue weighted by Crippen LogP contribution is -2.61. The Morgan fingerprint density at radius 1 is 1.53 bits per heavy atom. The molecule has 5 heteroatoms. The molecule has 5 nitrogen and oxygen atoms in total. The van der Waals surface area contributed by atoms with Gasteiger partial charge in [0, 0.05) is 5.69 Å². The van der Waals surface area contributed by atoms with Crippen molar-refractivity contribution in [1.82, 2.24) is 4.98 Å². The van der Waals surface area contributed by atoms with Crippen LogP contribution in [0.25, 0.3) is 0 Å². The van der Waals surface area contributed by atoms with Crippen LogP contribution in [0.15, 0.2) is 12.1 Å². The van der Waals surface area contributed by atoms with Crippen molar-refractivity contribution in [3.63, 3.8) is 0 Å². The molecule has 0 aromatic carbocycles. The molecule has 19 heavy (non-hydrogen) atoms. The number of fused-ring (bicyclic) bond motifs is 1. The Balaban J connectivity index is 2.47. The normalized spacial score (nSPS) is 22.0. The van der Waals surface area contributed by atoms with Gasteiger partial charge in [0.1, 0.15) is 0 Å². The van der Waals surface area contributed by atoms with Gasteiger partial charge >= 0.3 is 6.09 Å². The second-order valence-electron chi connectivity index (χ2n) is 4.91. The summed E-state index contributed by atoms with van der Waals surface area (Å²) in [5.74, 6) is 0. The standard InChI is InChI=1S/C14H21N3O2/c1-4-14(15)9-8-11-12(7-6-10(3)16-11)17(14)13(18)19-5-2/h6-7H,4-5,8-9,15H2,1-3H3. The fraction of sp³-hybridized carbons (Fsp3) is 0.571. The summed E-state index contributed by atoms with van der Waals surface area (Å²) in [7, 11) is 0. The highest BCUT2D eigenvalue weighted by atomic mass is 16.6. The van der Waals surface area contributed by atoms with E-state index in [9.17, 15) is 4.79 Å². The quantitative estimate of drug-likeness (QED) is 0.889. The Bertz CT molecular complexity index is 490. The Labute approximate surface area is 113 Å². The van der Waals surface area contributed by atoms with E-state index in [1.54, 1.807) is 11.8 Å². The first kappa shape index (κ1) is 13.8. The monoisotopic (exact) mass is 263 g/mol. The van der Waals surface area contributed by atoms with Crippen LogP contribution in [-0.4, -0.2) is 23.3 Å². The van der Waals surface area contributed by atoms with Crippen molar-refractivity contribution in [2.75, 3.05) is 11.5 Å². The number of hydrogen-bond acceptors (Lipinski definition) is 4. The molecule has 1 aromatic heterocycles. The average Bonchev–Trinajstić information content (AvgIpc) is 2.39. The molecule has 0 spiro atoms. The minimum atomic E-state index is -0.684. The predicted molar refractivity (Wildman–Crippen MR) is 74.0 cm³/mol. The molecule has 1 amide bonds. The predicted octanol–water partition coefficient (Wildman–Crippen LogP) is 2.36. The number of nitrogens with zero attached hydrogens (tertiary/aromatic N) is 2. The highest BCUT2D eigenvalue weighted by molar-refractivity contribution is 5.90. The van der Waals surface area contributed by atoms with Crippen molar-refractivity contribution in [2.24, 2.45) is 5.73 Å². The van der Waals surface area contributed by atoms with Gasteiger partial charge in [-0.05, 0) is 45.2 Å². The highest BCUT2D eigenvalue weighted by Gasteiger charge is 2.41. The van der Waals surface area contributed by atoms with Crippen molar-refractivity contribution in [1.29, 1.82) is 0 Å². The van der Waals surface area contributed by atoms with Crippen molar-refractivity contribution in [2.45, 2.75) is 45.7 Å². The molecule has 1 aromatic rings. The van der Waals surface area contributed by atoms with Gasteiger partial charge in [-0.3, -0.25) is 9.88 Å². The van der Waals surface area contributed by atoms with E-state index >= 15 is 0 Å². The van der Waals surface area contributed by atoms with E-state index in [4.69, 9.17) is 10.5 Å². The number of nitrogens with two attached hydrogens (primary N) is 1. The van der Waals surface area contributed by atoms with E-state index in [-0.39, 0.29) is 0 Å². The second kappa shape index (κ2) is 5.17. The van der Waals surface area contributed by atoms with Crippen LogP contribution in [0.4, 0.5) is 10.5 Å². The van der Waals surface area contributed by atoms with Crippen LogP contribution in [0.5, 0.6) is 0 Å². The zero-order valence-corrected chi connectivity index (χ0v) is 11.8. The number of carbonyl (C=O) groups is 1. The number of rotatable bonds is 2. The molecule has 0 aliphatic carbocycles. The molecule has 1 aliphatic rings. The van der Waals surface area contributed by atoms with Crippen LogP contribution in [0.3, 0.4) is 0 Å². The summed E-state index contributed by atoms with van der Waals surface area (Å²) in [6.07, 6.45) is 1.78. The number of ether oxygens (including phenoxy) is 1. The van der Waals surface area contributed by atoms with Crippen molar-refractivity contribution in [3.8, 4) is 0 Å². The summed E-state index contributed by atoms with van der Waals surface area (Å²) in [5.41, 5.74) is 8.34. The lowest BCUT2D eigenvalue weighted by molar-refractivity contribution is 0.148. The maximum Gasteiger partial charge on any atom is 0.415 e. The van der Waals surface area contributed by atoms with Crippen molar-refractivity contribution in [3.05, 3.63) is 23.5 Å². The number of anilines is 1. The maximum atomic E-state index is 12.2. The number of aryl methyl sites for hydroxylation is 2. The largest absolute Gasteiger partial charge is 0.449 e. The van der Waals surface area contributed by atoms with Crippen molar-refractivity contribution >= 4 is 11.8 Å². The molecule has 1 aliphatic heterocycles. The third-order valence-corrected chi connectivity index (χ3v) is 3.63. The lowest BCUT2D eigenvalue weighted by Gasteiger charge is -2.43.